The molecule has 0 amide bonds. The zero-order valence-electron chi connectivity index (χ0n) is 12.6. The van der Waals surface area contributed by atoms with Crippen LogP contribution < -0.4 is 10.6 Å². The maximum atomic E-state index is 6.03. The van der Waals surface area contributed by atoms with Crippen molar-refractivity contribution in [2.24, 2.45) is 0 Å². The first kappa shape index (κ1) is 14.3. The Kier molecular flexibility index (Phi) is 4.23. The summed E-state index contributed by atoms with van der Waals surface area (Å²) in [5.74, 6) is 2.26. The third-order valence-electron chi connectivity index (χ3n) is 3.47. The van der Waals surface area contributed by atoms with E-state index in [-0.39, 0.29) is 0 Å². The molecule has 4 nitrogen and oxygen atoms in total. The van der Waals surface area contributed by atoms with Gasteiger partial charge < -0.3 is 10.6 Å². The Morgan fingerprint density at radius 1 is 1.15 bits per heavy atom. The molecule has 0 fully saturated rings. The third-order valence-corrected chi connectivity index (χ3v) is 3.47. The maximum Gasteiger partial charge on any atom is 0.141 e. The molecule has 2 rings (SSSR count). The lowest BCUT2D eigenvalue weighted by Gasteiger charge is -2.23. The lowest BCUT2D eigenvalue weighted by atomic mass is 10.1. The molecule has 1 aromatic carbocycles. The lowest BCUT2D eigenvalue weighted by Crippen LogP contribution is -2.17. The van der Waals surface area contributed by atoms with E-state index in [9.17, 15) is 0 Å². The number of anilines is 3. The fraction of sp³-hybridized carbons (Fsp3) is 0.375. The number of para-hydroxylation sites is 1. The molecular formula is C16H22N4. The zero-order chi connectivity index (χ0) is 14.7. The predicted octanol–water partition coefficient (Wildman–Crippen LogP) is 3.40. The van der Waals surface area contributed by atoms with Gasteiger partial charge in [-0.2, -0.15) is 0 Å². The quantitative estimate of drug-likeness (QED) is 0.925. The lowest BCUT2D eigenvalue weighted by molar-refractivity contribution is 0.829. The summed E-state index contributed by atoms with van der Waals surface area (Å²) in [4.78, 5) is 11.1. The average molecular weight is 270 g/mol. The standard InChI is InChI=1S/C16H22N4/c1-5-8-14-18-15(17)12(3)16(19-14)20(4)13-10-7-6-9-11(13)2/h6-7,9-10H,5,8H2,1-4H3,(H2,17,18,19). The van der Waals surface area contributed by atoms with Crippen LogP contribution in [0.2, 0.25) is 0 Å². The van der Waals surface area contributed by atoms with Crippen LogP contribution in [0.3, 0.4) is 0 Å². The second-order valence-electron chi connectivity index (χ2n) is 5.07. The molecule has 0 aliphatic heterocycles. The van der Waals surface area contributed by atoms with Gasteiger partial charge in [-0.15, -0.1) is 0 Å². The highest BCUT2D eigenvalue weighted by molar-refractivity contribution is 5.68. The summed E-state index contributed by atoms with van der Waals surface area (Å²) < 4.78 is 0. The van der Waals surface area contributed by atoms with Gasteiger partial charge in [0.15, 0.2) is 0 Å². The number of nitrogens with zero attached hydrogens (tertiary/aromatic N) is 3. The number of aromatic nitrogens is 2. The number of hydrogen-bond acceptors (Lipinski definition) is 4. The summed E-state index contributed by atoms with van der Waals surface area (Å²) in [6.07, 6.45) is 1.86. The van der Waals surface area contributed by atoms with E-state index in [1.165, 1.54) is 5.56 Å². The van der Waals surface area contributed by atoms with Gasteiger partial charge in [0.25, 0.3) is 0 Å². The zero-order valence-corrected chi connectivity index (χ0v) is 12.6. The predicted molar refractivity (Wildman–Crippen MR) is 84.4 cm³/mol. The van der Waals surface area contributed by atoms with Gasteiger partial charge in [-0.3, -0.25) is 0 Å². The van der Waals surface area contributed by atoms with Gasteiger partial charge >= 0.3 is 0 Å². The Morgan fingerprint density at radius 3 is 2.50 bits per heavy atom. The number of hydrogen-bond donors (Lipinski definition) is 1. The molecule has 0 unspecified atom stereocenters. The minimum atomic E-state index is 0.568. The Hall–Kier alpha value is -2.10. The molecule has 0 bridgehead atoms. The molecule has 0 atom stereocenters. The van der Waals surface area contributed by atoms with Crippen LogP contribution in [0, 0.1) is 13.8 Å². The molecule has 4 heteroatoms. The molecule has 0 saturated heterocycles. The summed E-state index contributed by atoms with van der Waals surface area (Å²) in [5.41, 5.74) is 9.30. The molecule has 106 valence electrons. The van der Waals surface area contributed by atoms with E-state index in [2.05, 4.69) is 40.8 Å². The number of nitrogen functional groups attached to an aromatic ring is 1. The van der Waals surface area contributed by atoms with E-state index < -0.39 is 0 Å². The van der Waals surface area contributed by atoms with Crippen LogP contribution in [-0.4, -0.2) is 17.0 Å². The minimum absolute atomic E-state index is 0.568. The van der Waals surface area contributed by atoms with E-state index >= 15 is 0 Å². The Bertz CT molecular complexity index is 607. The van der Waals surface area contributed by atoms with Crippen LogP contribution in [0.5, 0.6) is 0 Å². The summed E-state index contributed by atoms with van der Waals surface area (Å²) in [7, 11) is 2.02. The molecular weight excluding hydrogens is 248 g/mol. The summed E-state index contributed by atoms with van der Waals surface area (Å²) in [5, 5.41) is 0. The van der Waals surface area contributed by atoms with Gasteiger partial charge in [0.2, 0.25) is 0 Å². The van der Waals surface area contributed by atoms with Gasteiger partial charge in [-0.25, -0.2) is 9.97 Å². The summed E-state index contributed by atoms with van der Waals surface area (Å²) >= 11 is 0. The van der Waals surface area contributed by atoms with Gasteiger partial charge in [0, 0.05) is 24.7 Å². The third kappa shape index (κ3) is 2.74. The minimum Gasteiger partial charge on any atom is -0.383 e. The molecule has 20 heavy (non-hydrogen) atoms. The molecule has 0 radical (unpaired) electrons. The van der Waals surface area contributed by atoms with Crippen LogP contribution in [0.15, 0.2) is 24.3 Å². The number of benzene rings is 1. The van der Waals surface area contributed by atoms with Crippen LogP contribution in [0.25, 0.3) is 0 Å². The first-order chi connectivity index (χ1) is 9.54. The normalized spacial score (nSPS) is 10.6. The van der Waals surface area contributed by atoms with Crippen molar-refractivity contribution in [2.75, 3.05) is 17.7 Å². The largest absolute Gasteiger partial charge is 0.383 e. The SMILES string of the molecule is CCCc1nc(N)c(C)c(N(C)c2ccccc2C)n1. The molecule has 1 aromatic heterocycles. The summed E-state index contributed by atoms with van der Waals surface area (Å²) in [6.45, 7) is 6.18. The molecule has 0 spiro atoms. The van der Waals surface area contributed by atoms with E-state index in [0.717, 1.165) is 35.7 Å². The first-order valence-corrected chi connectivity index (χ1v) is 6.97. The fourth-order valence-electron chi connectivity index (χ4n) is 2.28. The molecule has 1 heterocycles. The molecule has 0 aliphatic carbocycles. The van der Waals surface area contributed by atoms with Gasteiger partial charge in [0.1, 0.15) is 17.5 Å². The number of aryl methyl sites for hydroxylation is 2. The van der Waals surface area contributed by atoms with Crippen molar-refractivity contribution in [1.29, 1.82) is 0 Å². The van der Waals surface area contributed by atoms with Crippen LogP contribution in [0.4, 0.5) is 17.3 Å². The number of nitrogens with two attached hydrogens (primary N) is 1. The number of rotatable bonds is 4. The highest BCUT2D eigenvalue weighted by Gasteiger charge is 2.14. The Balaban J connectivity index is 2.48. The second kappa shape index (κ2) is 5.90. The first-order valence-electron chi connectivity index (χ1n) is 6.97. The van der Waals surface area contributed by atoms with E-state index in [1.54, 1.807) is 0 Å². The van der Waals surface area contributed by atoms with E-state index in [4.69, 9.17) is 5.73 Å². The van der Waals surface area contributed by atoms with Gasteiger partial charge in [0.05, 0.1) is 0 Å². The molecule has 2 N–H and O–H groups in total. The smallest absolute Gasteiger partial charge is 0.141 e. The molecule has 0 aliphatic rings. The highest BCUT2D eigenvalue weighted by atomic mass is 15.2. The Morgan fingerprint density at radius 2 is 1.85 bits per heavy atom. The maximum absolute atomic E-state index is 6.03. The monoisotopic (exact) mass is 270 g/mol. The average Bonchev–Trinajstić information content (AvgIpc) is 2.43. The highest BCUT2D eigenvalue weighted by Crippen LogP contribution is 2.29. The van der Waals surface area contributed by atoms with Crippen molar-refractivity contribution < 1.29 is 0 Å². The van der Waals surface area contributed by atoms with Crippen molar-refractivity contribution in [3.05, 3.63) is 41.2 Å². The molecule has 0 saturated carbocycles. The van der Waals surface area contributed by atoms with Gasteiger partial charge in [-0.05, 0) is 31.9 Å². The fourth-order valence-corrected chi connectivity index (χ4v) is 2.28. The van der Waals surface area contributed by atoms with Crippen LogP contribution >= 0.6 is 0 Å². The van der Waals surface area contributed by atoms with Crippen molar-refractivity contribution >= 4 is 17.3 Å². The summed E-state index contributed by atoms with van der Waals surface area (Å²) in [6, 6.07) is 8.26. The van der Waals surface area contributed by atoms with Crippen LogP contribution in [0.1, 0.15) is 30.3 Å². The van der Waals surface area contributed by atoms with Crippen molar-refractivity contribution in [3.8, 4) is 0 Å². The van der Waals surface area contributed by atoms with Gasteiger partial charge in [-0.1, -0.05) is 25.1 Å². The van der Waals surface area contributed by atoms with E-state index in [1.807, 2.05) is 26.1 Å². The topological polar surface area (TPSA) is 55.0 Å². The van der Waals surface area contributed by atoms with Crippen molar-refractivity contribution in [3.63, 3.8) is 0 Å². The van der Waals surface area contributed by atoms with E-state index in [0.29, 0.717) is 5.82 Å². The second-order valence-corrected chi connectivity index (χ2v) is 5.07. The Labute approximate surface area is 120 Å². The molecule has 2 aromatic rings. The van der Waals surface area contributed by atoms with Crippen LogP contribution in [-0.2, 0) is 6.42 Å². The van der Waals surface area contributed by atoms with Crippen molar-refractivity contribution in [1.82, 2.24) is 9.97 Å². The van der Waals surface area contributed by atoms with Crippen molar-refractivity contribution in [2.45, 2.75) is 33.6 Å².